The van der Waals surface area contributed by atoms with Gasteiger partial charge in [-0.2, -0.15) is 4.98 Å². The van der Waals surface area contributed by atoms with Crippen molar-refractivity contribution in [3.8, 4) is 11.4 Å². The largest absolute Gasteiger partial charge is 0.370 e. The molecule has 6 nitrogen and oxygen atoms in total. The minimum absolute atomic E-state index is 0. The van der Waals surface area contributed by atoms with Gasteiger partial charge in [0, 0.05) is 30.1 Å². The standard InChI is InChI=1S/C17H22ClN5O.HI/c1-12-6-9-23(10-7-12)17(19)20-8-5-15-21-16(22-24-15)13-3-2-4-14(18)11-13;/h2-4,11-12H,5-10H2,1H3,(H2,19,20);1H. The van der Waals surface area contributed by atoms with Crippen LogP contribution in [-0.2, 0) is 6.42 Å². The van der Waals surface area contributed by atoms with E-state index >= 15 is 0 Å². The van der Waals surface area contributed by atoms with Crippen LogP contribution in [0.5, 0.6) is 0 Å². The molecule has 136 valence electrons. The van der Waals surface area contributed by atoms with Crippen molar-refractivity contribution in [1.82, 2.24) is 15.0 Å². The van der Waals surface area contributed by atoms with Crippen LogP contribution in [0.3, 0.4) is 0 Å². The maximum atomic E-state index is 6.07. The van der Waals surface area contributed by atoms with Gasteiger partial charge in [-0.15, -0.1) is 24.0 Å². The lowest BCUT2D eigenvalue weighted by Crippen LogP contribution is -2.42. The lowest BCUT2D eigenvalue weighted by atomic mass is 10.00. The average molecular weight is 476 g/mol. The summed E-state index contributed by atoms with van der Waals surface area (Å²) in [7, 11) is 0. The first kappa shape index (κ1) is 20.0. The van der Waals surface area contributed by atoms with Crippen molar-refractivity contribution in [2.24, 2.45) is 16.6 Å². The number of hydrogen-bond acceptors (Lipinski definition) is 4. The van der Waals surface area contributed by atoms with E-state index in [1.54, 1.807) is 0 Å². The first-order chi connectivity index (χ1) is 11.6. The Hall–Kier alpha value is -1.35. The molecule has 1 aromatic heterocycles. The van der Waals surface area contributed by atoms with Gasteiger partial charge in [0.1, 0.15) is 0 Å². The van der Waals surface area contributed by atoms with Gasteiger partial charge in [-0.25, -0.2) is 0 Å². The molecule has 0 saturated carbocycles. The molecular weight excluding hydrogens is 453 g/mol. The summed E-state index contributed by atoms with van der Waals surface area (Å²) in [5, 5.41) is 4.63. The molecule has 1 aromatic carbocycles. The number of nitrogens with two attached hydrogens (primary N) is 1. The second kappa shape index (κ2) is 9.38. The molecule has 8 heteroatoms. The fourth-order valence-electron chi connectivity index (χ4n) is 2.71. The summed E-state index contributed by atoms with van der Waals surface area (Å²) in [5.41, 5.74) is 6.90. The fraction of sp³-hybridized carbons (Fsp3) is 0.471. The Morgan fingerprint density at radius 2 is 2.16 bits per heavy atom. The van der Waals surface area contributed by atoms with Crippen molar-refractivity contribution < 1.29 is 4.52 Å². The molecule has 0 aliphatic carbocycles. The molecule has 1 aliphatic heterocycles. The van der Waals surface area contributed by atoms with Crippen LogP contribution in [0.15, 0.2) is 33.8 Å². The molecule has 2 aromatic rings. The number of hydrogen-bond donors (Lipinski definition) is 1. The molecule has 2 N–H and O–H groups in total. The quantitative estimate of drug-likeness (QED) is 0.415. The average Bonchev–Trinajstić information content (AvgIpc) is 3.04. The molecule has 3 rings (SSSR count). The minimum Gasteiger partial charge on any atom is -0.370 e. The minimum atomic E-state index is 0. The molecule has 0 radical (unpaired) electrons. The lowest BCUT2D eigenvalue weighted by Gasteiger charge is -2.30. The second-order valence-corrected chi connectivity index (χ2v) is 6.62. The Morgan fingerprint density at radius 3 is 2.88 bits per heavy atom. The third-order valence-electron chi connectivity index (χ3n) is 4.26. The summed E-state index contributed by atoms with van der Waals surface area (Å²) in [6.45, 7) is 4.78. The molecule has 0 amide bonds. The summed E-state index contributed by atoms with van der Waals surface area (Å²) in [5.74, 6) is 2.47. The molecule has 0 unspecified atom stereocenters. The zero-order chi connectivity index (χ0) is 16.9. The number of piperidine rings is 1. The van der Waals surface area contributed by atoms with Crippen LogP contribution < -0.4 is 5.73 Å². The van der Waals surface area contributed by atoms with Crippen molar-refractivity contribution in [1.29, 1.82) is 0 Å². The molecule has 25 heavy (non-hydrogen) atoms. The molecule has 1 saturated heterocycles. The number of likely N-dealkylation sites (tertiary alicyclic amines) is 1. The maximum absolute atomic E-state index is 6.07. The van der Waals surface area contributed by atoms with Gasteiger partial charge < -0.3 is 15.2 Å². The van der Waals surface area contributed by atoms with E-state index in [1.807, 2.05) is 24.3 Å². The van der Waals surface area contributed by atoms with E-state index in [9.17, 15) is 0 Å². The Bertz CT molecular complexity index is 713. The van der Waals surface area contributed by atoms with Crippen LogP contribution in [0.25, 0.3) is 11.4 Å². The van der Waals surface area contributed by atoms with E-state index in [-0.39, 0.29) is 24.0 Å². The third kappa shape index (κ3) is 5.57. The predicted molar refractivity (Wildman–Crippen MR) is 110 cm³/mol. The van der Waals surface area contributed by atoms with Gasteiger partial charge in [0.15, 0.2) is 5.96 Å². The highest BCUT2D eigenvalue weighted by molar-refractivity contribution is 14.0. The highest BCUT2D eigenvalue weighted by Gasteiger charge is 2.17. The van der Waals surface area contributed by atoms with E-state index in [0.29, 0.717) is 35.7 Å². The van der Waals surface area contributed by atoms with E-state index in [1.165, 1.54) is 12.8 Å². The van der Waals surface area contributed by atoms with E-state index in [4.69, 9.17) is 21.9 Å². The normalized spacial score (nSPS) is 15.9. The molecule has 1 aliphatic rings. The maximum Gasteiger partial charge on any atom is 0.228 e. The van der Waals surface area contributed by atoms with Crippen LogP contribution in [0.1, 0.15) is 25.7 Å². The molecule has 0 spiro atoms. The smallest absolute Gasteiger partial charge is 0.228 e. The predicted octanol–water partition coefficient (Wildman–Crippen LogP) is 3.60. The Labute approximate surface area is 169 Å². The van der Waals surface area contributed by atoms with Gasteiger partial charge in [0.2, 0.25) is 11.7 Å². The monoisotopic (exact) mass is 475 g/mol. The van der Waals surface area contributed by atoms with Gasteiger partial charge in [0.05, 0.1) is 6.54 Å². The van der Waals surface area contributed by atoms with E-state index in [2.05, 4.69) is 27.0 Å². The van der Waals surface area contributed by atoms with Gasteiger partial charge in [-0.1, -0.05) is 35.8 Å². The fourth-order valence-corrected chi connectivity index (χ4v) is 2.90. The lowest BCUT2D eigenvalue weighted by molar-refractivity contribution is 0.277. The van der Waals surface area contributed by atoms with Crippen LogP contribution in [0.2, 0.25) is 5.02 Å². The molecule has 0 atom stereocenters. The number of benzene rings is 1. The van der Waals surface area contributed by atoms with Gasteiger partial charge >= 0.3 is 0 Å². The zero-order valence-corrected chi connectivity index (χ0v) is 17.3. The number of nitrogens with zero attached hydrogens (tertiary/aromatic N) is 4. The molecule has 1 fully saturated rings. The zero-order valence-electron chi connectivity index (χ0n) is 14.2. The number of rotatable bonds is 4. The highest BCUT2D eigenvalue weighted by atomic mass is 127. The summed E-state index contributed by atoms with van der Waals surface area (Å²) in [6.07, 6.45) is 2.91. The summed E-state index contributed by atoms with van der Waals surface area (Å²) < 4.78 is 5.27. The Kier molecular flexibility index (Phi) is 7.49. The number of halogens is 2. The summed E-state index contributed by atoms with van der Waals surface area (Å²) in [6, 6.07) is 7.38. The summed E-state index contributed by atoms with van der Waals surface area (Å²) in [4.78, 5) is 11.0. The van der Waals surface area contributed by atoms with Crippen molar-refractivity contribution in [2.45, 2.75) is 26.2 Å². The second-order valence-electron chi connectivity index (χ2n) is 6.18. The Morgan fingerprint density at radius 1 is 1.40 bits per heavy atom. The third-order valence-corrected chi connectivity index (χ3v) is 4.49. The highest BCUT2D eigenvalue weighted by Crippen LogP contribution is 2.20. The first-order valence-electron chi connectivity index (χ1n) is 8.25. The van der Waals surface area contributed by atoms with E-state index < -0.39 is 0 Å². The van der Waals surface area contributed by atoms with Gasteiger partial charge in [0.25, 0.3) is 0 Å². The van der Waals surface area contributed by atoms with E-state index in [0.717, 1.165) is 24.6 Å². The Balaban J connectivity index is 0.00000225. The molecular formula is C17H23ClIN5O. The van der Waals surface area contributed by atoms with Crippen LogP contribution in [-0.4, -0.2) is 40.6 Å². The SMILES string of the molecule is CC1CCN(C(N)=NCCc2nc(-c3cccc(Cl)c3)no2)CC1.I. The van der Waals surface area contributed by atoms with Crippen molar-refractivity contribution in [3.05, 3.63) is 35.2 Å². The molecule has 2 heterocycles. The van der Waals surface area contributed by atoms with Crippen LogP contribution >= 0.6 is 35.6 Å². The number of aromatic nitrogens is 2. The van der Waals surface area contributed by atoms with Crippen molar-refractivity contribution >= 4 is 41.5 Å². The van der Waals surface area contributed by atoms with Crippen molar-refractivity contribution in [3.63, 3.8) is 0 Å². The first-order valence-corrected chi connectivity index (χ1v) is 8.63. The van der Waals surface area contributed by atoms with Crippen molar-refractivity contribution in [2.75, 3.05) is 19.6 Å². The van der Waals surface area contributed by atoms with Gasteiger partial charge in [-0.05, 0) is 30.9 Å². The molecule has 0 bridgehead atoms. The topological polar surface area (TPSA) is 80.5 Å². The number of aliphatic imine (C=N–C) groups is 1. The summed E-state index contributed by atoms with van der Waals surface area (Å²) >= 11 is 5.98. The van der Waals surface area contributed by atoms with Crippen LogP contribution in [0, 0.1) is 5.92 Å². The van der Waals surface area contributed by atoms with Crippen LogP contribution in [0.4, 0.5) is 0 Å². The van der Waals surface area contributed by atoms with Gasteiger partial charge in [-0.3, -0.25) is 4.99 Å². The number of guanidine groups is 1.